The minimum Gasteiger partial charge on any atom is -0.364 e. The number of nitrogens with zero attached hydrogens (tertiary/aromatic N) is 3. The summed E-state index contributed by atoms with van der Waals surface area (Å²) in [6.07, 6.45) is 6.07. The van der Waals surface area contributed by atoms with E-state index in [0.29, 0.717) is 30.3 Å². The third-order valence-electron chi connectivity index (χ3n) is 4.18. The first-order valence-corrected chi connectivity index (χ1v) is 8.93. The maximum Gasteiger partial charge on any atom is 0.267 e. The molecule has 22 heavy (non-hydrogen) atoms. The van der Waals surface area contributed by atoms with Crippen molar-refractivity contribution in [2.75, 3.05) is 19.3 Å². The lowest BCUT2D eigenvalue weighted by Gasteiger charge is -2.30. The summed E-state index contributed by atoms with van der Waals surface area (Å²) < 4.78 is 26.3. The van der Waals surface area contributed by atoms with Crippen LogP contribution in [0, 0.1) is 0 Å². The van der Waals surface area contributed by atoms with Crippen molar-refractivity contribution >= 4 is 21.6 Å². The molecule has 0 radical (unpaired) electrons. The van der Waals surface area contributed by atoms with Crippen molar-refractivity contribution in [1.82, 2.24) is 13.7 Å². The predicted molar refractivity (Wildman–Crippen MR) is 82.1 cm³/mol. The summed E-state index contributed by atoms with van der Waals surface area (Å²) in [6.45, 7) is 1.07. The summed E-state index contributed by atoms with van der Waals surface area (Å²) in [6, 6.07) is 3.88. The maximum atomic E-state index is 11.5. The topological polar surface area (TPSA) is 97.8 Å². The van der Waals surface area contributed by atoms with Crippen LogP contribution in [0.5, 0.6) is 0 Å². The summed E-state index contributed by atoms with van der Waals surface area (Å²) in [5, 5.41) is 0. The van der Waals surface area contributed by atoms with Gasteiger partial charge in [-0.3, -0.25) is 9.20 Å². The molecule has 1 amide bonds. The molecule has 1 fully saturated rings. The van der Waals surface area contributed by atoms with Crippen molar-refractivity contribution in [3.05, 3.63) is 35.8 Å². The second kappa shape index (κ2) is 5.36. The van der Waals surface area contributed by atoms with Gasteiger partial charge in [-0.05, 0) is 36.5 Å². The molecule has 0 aromatic carbocycles. The zero-order chi connectivity index (χ0) is 15.9. The van der Waals surface area contributed by atoms with Gasteiger partial charge >= 0.3 is 0 Å². The Morgan fingerprint density at radius 3 is 2.64 bits per heavy atom. The Labute approximate surface area is 128 Å². The van der Waals surface area contributed by atoms with Crippen LogP contribution in [0.1, 0.15) is 34.8 Å². The Hall–Kier alpha value is -1.93. The van der Waals surface area contributed by atoms with Crippen LogP contribution in [0.2, 0.25) is 0 Å². The minimum atomic E-state index is -3.11. The van der Waals surface area contributed by atoms with Gasteiger partial charge < -0.3 is 5.73 Å². The second-order valence-corrected chi connectivity index (χ2v) is 7.61. The van der Waals surface area contributed by atoms with E-state index in [0.717, 1.165) is 18.4 Å². The lowest BCUT2D eigenvalue weighted by atomic mass is 9.91. The van der Waals surface area contributed by atoms with Crippen LogP contribution in [0.25, 0.3) is 5.65 Å². The van der Waals surface area contributed by atoms with Crippen molar-refractivity contribution in [2.24, 2.45) is 5.73 Å². The summed E-state index contributed by atoms with van der Waals surface area (Å²) in [4.78, 5) is 15.5. The number of carbonyl (C=O) groups excluding carboxylic acids is 1. The highest BCUT2D eigenvalue weighted by atomic mass is 32.2. The van der Waals surface area contributed by atoms with E-state index in [1.807, 2.05) is 12.1 Å². The van der Waals surface area contributed by atoms with Gasteiger partial charge in [-0.15, -0.1) is 0 Å². The maximum absolute atomic E-state index is 11.5. The van der Waals surface area contributed by atoms with Crippen molar-refractivity contribution in [1.29, 1.82) is 0 Å². The number of amides is 1. The molecule has 0 unspecified atom stereocenters. The van der Waals surface area contributed by atoms with Gasteiger partial charge in [0, 0.05) is 19.3 Å². The molecule has 2 aromatic heterocycles. The first-order chi connectivity index (χ1) is 10.4. The summed E-state index contributed by atoms with van der Waals surface area (Å²) in [5.41, 5.74) is 7.44. The van der Waals surface area contributed by atoms with Crippen LogP contribution in [-0.4, -0.2) is 47.4 Å². The Kier molecular flexibility index (Phi) is 3.65. The van der Waals surface area contributed by atoms with Gasteiger partial charge in [0.2, 0.25) is 10.0 Å². The third kappa shape index (κ3) is 2.71. The Balaban J connectivity index is 1.82. The number of carbonyl (C=O) groups is 1. The number of imidazole rings is 1. The zero-order valence-electron chi connectivity index (χ0n) is 12.3. The molecule has 1 saturated heterocycles. The van der Waals surface area contributed by atoms with Crippen LogP contribution in [0.4, 0.5) is 0 Å². The highest BCUT2D eigenvalue weighted by Crippen LogP contribution is 2.29. The Bertz CT molecular complexity index is 820. The number of fused-ring (bicyclic) bond motifs is 1. The van der Waals surface area contributed by atoms with Crippen LogP contribution >= 0.6 is 0 Å². The van der Waals surface area contributed by atoms with Crippen molar-refractivity contribution in [2.45, 2.75) is 18.8 Å². The molecule has 8 heteroatoms. The zero-order valence-corrected chi connectivity index (χ0v) is 13.1. The molecule has 0 atom stereocenters. The average molecular weight is 322 g/mol. The van der Waals surface area contributed by atoms with Crippen LogP contribution in [-0.2, 0) is 10.0 Å². The van der Waals surface area contributed by atoms with E-state index in [-0.39, 0.29) is 0 Å². The first kappa shape index (κ1) is 15.0. The average Bonchev–Trinajstić information content (AvgIpc) is 2.89. The van der Waals surface area contributed by atoms with E-state index in [1.54, 1.807) is 10.6 Å². The van der Waals surface area contributed by atoms with Crippen LogP contribution < -0.4 is 5.73 Å². The lowest BCUT2D eigenvalue weighted by molar-refractivity contribution is 0.0994. The number of aromatic nitrogens is 2. The van der Waals surface area contributed by atoms with Crippen molar-refractivity contribution in [3.8, 4) is 0 Å². The monoisotopic (exact) mass is 322 g/mol. The quantitative estimate of drug-likeness (QED) is 0.893. The van der Waals surface area contributed by atoms with Crippen molar-refractivity contribution < 1.29 is 13.2 Å². The molecular formula is C14H18N4O3S. The SMILES string of the molecule is CS(=O)(=O)N1CCC(c2ccn3c(C(N)=O)cnc3c2)CC1. The minimum absolute atomic E-state index is 0.303. The second-order valence-electron chi connectivity index (χ2n) is 5.63. The first-order valence-electron chi connectivity index (χ1n) is 7.08. The third-order valence-corrected chi connectivity index (χ3v) is 5.49. The van der Waals surface area contributed by atoms with Crippen LogP contribution in [0.3, 0.4) is 0 Å². The molecule has 7 nitrogen and oxygen atoms in total. The largest absolute Gasteiger partial charge is 0.364 e. The predicted octanol–water partition coefficient (Wildman–Crippen LogP) is 0.572. The number of piperidine rings is 1. The summed E-state index contributed by atoms with van der Waals surface area (Å²) in [7, 11) is -3.11. The number of hydrogen-bond acceptors (Lipinski definition) is 4. The Morgan fingerprint density at radius 1 is 1.36 bits per heavy atom. The van der Waals surface area contributed by atoms with E-state index in [9.17, 15) is 13.2 Å². The molecule has 0 bridgehead atoms. The Morgan fingerprint density at radius 2 is 2.05 bits per heavy atom. The fourth-order valence-electron chi connectivity index (χ4n) is 2.95. The smallest absolute Gasteiger partial charge is 0.267 e. The molecule has 3 heterocycles. The molecule has 0 saturated carbocycles. The van der Waals surface area contributed by atoms with Gasteiger partial charge in [0.1, 0.15) is 11.3 Å². The number of nitrogens with two attached hydrogens (primary N) is 1. The van der Waals surface area contributed by atoms with E-state index in [1.165, 1.54) is 16.8 Å². The molecule has 0 aliphatic carbocycles. The fraction of sp³-hybridized carbons (Fsp3) is 0.429. The number of hydrogen-bond donors (Lipinski definition) is 1. The molecule has 0 spiro atoms. The normalized spacial score (nSPS) is 17.9. The van der Waals surface area contributed by atoms with E-state index in [4.69, 9.17) is 5.73 Å². The molecule has 3 rings (SSSR count). The summed E-state index contributed by atoms with van der Waals surface area (Å²) >= 11 is 0. The van der Waals surface area contributed by atoms with Gasteiger partial charge in [0.15, 0.2) is 0 Å². The van der Waals surface area contributed by atoms with Gasteiger partial charge in [-0.1, -0.05) is 0 Å². The molecule has 1 aliphatic rings. The van der Waals surface area contributed by atoms with Gasteiger partial charge in [-0.25, -0.2) is 17.7 Å². The highest BCUT2D eigenvalue weighted by molar-refractivity contribution is 7.88. The lowest BCUT2D eigenvalue weighted by Crippen LogP contribution is -2.37. The standard InChI is InChI=1S/C14H18N4O3S/c1-22(20,21)17-5-2-10(3-6-17)11-4-7-18-12(14(15)19)9-16-13(18)8-11/h4,7-10H,2-3,5-6H2,1H3,(H2,15,19). The van der Waals surface area contributed by atoms with Gasteiger partial charge in [-0.2, -0.15) is 0 Å². The van der Waals surface area contributed by atoms with E-state index < -0.39 is 15.9 Å². The number of primary amides is 1. The van der Waals surface area contributed by atoms with Gasteiger partial charge in [0.25, 0.3) is 5.91 Å². The highest BCUT2D eigenvalue weighted by Gasteiger charge is 2.26. The number of pyridine rings is 1. The molecule has 2 N–H and O–H groups in total. The molecule has 2 aromatic rings. The van der Waals surface area contributed by atoms with E-state index in [2.05, 4.69) is 4.98 Å². The molecule has 1 aliphatic heterocycles. The van der Waals surface area contributed by atoms with E-state index >= 15 is 0 Å². The fourth-order valence-corrected chi connectivity index (χ4v) is 3.83. The van der Waals surface area contributed by atoms with Crippen LogP contribution in [0.15, 0.2) is 24.5 Å². The number of rotatable bonds is 3. The molecular weight excluding hydrogens is 304 g/mol. The number of sulfonamides is 1. The van der Waals surface area contributed by atoms with Crippen molar-refractivity contribution in [3.63, 3.8) is 0 Å². The van der Waals surface area contributed by atoms with Gasteiger partial charge in [0.05, 0.1) is 12.5 Å². The summed E-state index contributed by atoms with van der Waals surface area (Å²) in [5.74, 6) is -0.210. The molecule has 118 valence electrons.